The van der Waals surface area contributed by atoms with Crippen LogP contribution in [0.2, 0.25) is 0 Å². The van der Waals surface area contributed by atoms with Crippen molar-refractivity contribution in [3.8, 4) is 5.75 Å². The Kier molecular flexibility index (Phi) is 7.74. The molecule has 0 aliphatic heterocycles. The van der Waals surface area contributed by atoms with Crippen LogP contribution in [0, 0.1) is 0 Å². The molecular weight excluding hydrogens is 298 g/mol. The van der Waals surface area contributed by atoms with E-state index in [9.17, 15) is 4.79 Å². The summed E-state index contributed by atoms with van der Waals surface area (Å²) in [5, 5.41) is 2.86. The van der Waals surface area contributed by atoms with Gasteiger partial charge in [0.2, 0.25) is 5.91 Å². The molecule has 0 saturated carbocycles. The van der Waals surface area contributed by atoms with Gasteiger partial charge in [-0.15, -0.1) is 11.6 Å². The number of carbonyl (C=O) groups is 1. The lowest BCUT2D eigenvalue weighted by Crippen LogP contribution is -2.33. The fraction of sp³-hybridized carbons (Fsp3) is 0.611. The van der Waals surface area contributed by atoms with Crippen LogP contribution in [0.25, 0.3) is 0 Å². The molecule has 0 heterocycles. The van der Waals surface area contributed by atoms with Crippen LogP contribution in [-0.2, 0) is 10.2 Å². The average molecular weight is 326 g/mol. The lowest BCUT2D eigenvalue weighted by atomic mass is 9.82. The summed E-state index contributed by atoms with van der Waals surface area (Å²) >= 11 is 5.57. The summed E-state index contributed by atoms with van der Waals surface area (Å²) in [4.78, 5) is 11.5. The first-order valence-corrected chi connectivity index (χ1v) is 8.52. The van der Waals surface area contributed by atoms with Gasteiger partial charge in [0, 0.05) is 12.3 Å². The van der Waals surface area contributed by atoms with E-state index in [-0.39, 0.29) is 17.4 Å². The van der Waals surface area contributed by atoms with E-state index >= 15 is 0 Å². The first-order chi connectivity index (χ1) is 10.4. The molecule has 1 aromatic carbocycles. The molecule has 0 spiro atoms. The number of benzene rings is 1. The fourth-order valence-corrected chi connectivity index (χ4v) is 2.17. The highest BCUT2D eigenvalue weighted by Crippen LogP contribution is 2.28. The molecule has 1 rings (SSSR count). The zero-order valence-corrected chi connectivity index (χ0v) is 14.9. The average Bonchev–Trinajstić information content (AvgIpc) is 2.51. The highest BCUT2D eigenvalue weighted by molar-refractivity contribution is 6.17. The molecule has 0 fully saturated rings. The SMILES string of the molecule is CCC(C)(C)c1ccc(OC(C)CNC(=O)CCCCl)cc1. The fourth-order valence-electron chi connectivity index (χ4n) is 2.04. The number of ether oxygens (including phenoxy) is 1. The van der Waals surface area contributed by atoms with Gasteiger partial charge in [-0.2, -0.15) is 0 Å². The van der Waals surface area contributed by atoms with E-state index in [0.717, 1.165) is 12.2 Å². The van der Waals surface area contributed by atoms with Crippen LogP contribution in [0.3, 0.4) is 0 Å². The van der Waals surface area contributed by atoms with E-state index < -0.39 is 0 Å². The Balaban J connectivity index is 2.45. The largest absolute Gasteiger partial charge is 0.489 e. The topological polar surface area (TPSA) is 38.3 Å². The number of hydrogen-bond acceptors (Lipinski definition) is 2. The molecule has 1 aromatic rings. The van der Waals surface area contributed by atoms with Gasteiger partial charge in [0.05, 0.1) is 6.54 Å². The van der Waals surface area contributed by atoms with Crippen molar-refractivity contribution < 1.29 is 9.53 Å². The molecule has 0 aromatic heterocycles. The molecule has 4 heteroatoms. The zero-order valence-electron chi connectivity index (χ0n) is 14.1. The molecule has 124 valence electrons. The second-order valence-electron chi connectivity index (χ2n) is 6.29. The number of amides is 1. The molecule has 0 saturated heterocycles. The molecule has 3 nitrogen and oxygen atoms in total. The predicted molar refractivity (Wildman–Crippen MR) is 92.8 cm³/mol. The van der Waals surface area contributed by atoms with Gasteiger partial charge in [-0.1, -0.05) is 32.9 Å². The second-order valence-corrected chi connectivity index (χ2v) is 6.66. The summed E-state index contributed by atoms with van der Waals surface area (Å²) in [5.41, 5.74) is 1.49. The standard InChI is InChI=1S/C18H28ClNO2/c1-5-18(3,4)15-8-10-16(11-9-15)22-14(2)13-20-17(21)7-6-12-19/h8-11,14H,5-7,12-13H2,1-4H3,(H,20,21). The highest BCUT2D eigenvalue weighted by atomic mass is 35.5. The van der Waals surface area contributed by atoms with Crippen molar-refractivity contribution in [2.24, 2.45) is 0 Å². The summed E-state index contributed by atoms with van der Waals surface area (Å²) in [5.74, 6) is 1.37. The molecule has 1 amide bonds. The molecule has 1 unspecified atom stereocenters. The first-order valence-electron chi connectivity index (χ1n) is 7.99. The van der Waals surface area contributed by atoms with Gasteiger partial charge in [0.1, 0.15) is 11.9 Å². The molecule has 0 radical (unpaired) electrons. The second kappa shape index (κ2) is 9.04. The third-order valence-electron chi connectivity index (χ3n) is 3.98. The van der Waals surface area contributed by atoms with Gasteiger partial charge in [-0.3, -0.25) is 4.79 Å². The number of hydrogen-bond donors (Lipinski definition) is 1. The maximum atomic E-state index is 11.5. The highest BCUT2D eigenvalue weighted by Gasteiger charge is 2.17. The minimum absolute atomic E-state index is 0.0242. The maximum Gasteiger partial charge on any atom is 0.220 e. The van der Waals surface area contributed by atoms with Gasteiger partial charge in [0.15, 0.2) is 0 Å². The van der Waals surface area contributed by atoms with Crippen LogP contribution in [0.1, 0.15) is 52.5 Å². The van der Waals surface area contributed by atoms with E-state index in [4.69, 9.17) is 16.3 Å². The zero-order chi connectivity index (χ0) is 16.6. The number of halogens is 1. The van der Waals surface area contributed by atoms with E-state index in [1.54, 1.807) is 0 Å². The lowest BCUT2D eigenvalue weighted by Gasteiger charge is -2.23. The smallest absolute Gasteiger partial charge is 0.220 e. The van der Waals surface area contributed by atoms with E-state index in [1.807, 2.05) is 19.1 Å². The summed E-state index contributed by atoms with van der Waals surface area (Å²) in [6, 6.07) is 8.23. The first kappa shape index (κ1) is 18.8. The molecule has 1 atom stereocenters. The summed E-state index contributed by atoms with van der Waals surface area (Å²) in [7, 11) is 0. The summed E-state index contributed by atoms with van der Waals surface area (Å²) in [6.07, 6.45) is 2.21. The van der Waals surface area contributed by atoms with Gasteiger partial charge < -0.3 is 10.1 Å². The van der Waals surface area contributed by atoms with Crippen molar-refractivity contribution in [1.82, 2.24) is 5.32 Å². The van der Waals surface area contributed by atoms with Gasteiger partial charge in [-0.05, 0) is 42.9 Å². The van der Waals surface area contributed by atoms with Crippen LogP contribution >= 0.6 is 11.6 Å². The molecule has 0 aliphatic carbocycles. The third kappa shape index (κ3) is 6.27. The van der Waals surface area contributed by atoms with Gasteiger partial charge in [0.25, 0.3) is 0 Å². The Morgan fingerprint density at radius 1 is 1.32 bits per heavy atom. The van der Waals surface area contributed by atoms with Crippen molar-refractivity contribution in [1.29, 1.82) is 0 Å². The van der Waals surface area contributed by atoms with Crippen molar-refractivity contribution >= 4 is 17.5 Å². The Labute approximate surface area is 139 Å². The monoisotopic (exact) mass is 325 g/mol. The molecule has 0 bridgehead atoms. The van der Waals surface area contributed by atoms with Crippen LogP contribution in [0.15, 0.2) is 24.3 Å². The third-order valence-corrected chi connectivity index (χ3v) is 4.25. The number of nitrogens with one attached hydrogen (secondary N) is 1. The quantitative estimate of drug-likeness (QED) is 0.688. The Morgan fingerprint density at radius 3 is 2.50 bits per heavy atom. The number of alkyl halides is 1. The Hall–Kier alpha value is -1.22. The van der Waals surface area contributed by atoms with Crippen molar-refractivity contribution in [2.45, 2.75) is 58.5 Å². The Bertz CT molecular complexity index is 457. The van der Waals surface area contributed by atoms with E-state index in [0.29, 0.717) is 25.3 Å². The molecule has 1 N–H and O–H groups in total. The van der Waals surface area contributed by atoms with Crippen LogP contribution in [-0.4, -0.2) is 24.4 Å². The normalized spacial score (nSPS) is 12.8. The van der Waals surface area contributed by atoms with Crippen molar-refractivity contribution in [2.75, 3.05) is 12.4 Å². The lowest BCUT2D eigenvalue weighted by molar-refractivity contribution is -0.121. The van der Waals surface area contributed by atoms with E-state index in [2.05, 4.69) is 38.2 Å². The summed E-state index contributed by atoms with van der Waals surface area (Å²) < 4.78 is 5.83. The predicted octanol–water partition coefficient (Wildman–Crippen LogP) is 4.28. The number of carbonyl (C=O) groups excluding carboxylic acids is 1. The number of rotatable bonds is 9. The van der Waals surface area contributed by atoms with Crippen LogP contribution in [0.4, 0.5) is 0 Å². The molecular formula is C18H28ClNO2. The maximum absolute atomic E-state index is 11.5. The van der Waals surface area contributed by atoms with Crippen LogP contribution in [0.5, 0.6) is 5.75 Å². The molecule has 22 heavy (non-hydrogen) atoms. The minimum Gasteiger partial charge on any atom is -0.489 e. The Morgan fingerprint density at radius 2 is 1.95 bits per heavy atom. The van der Waals surface area contributed by atoms with Crippen LogP contribution < -0.4 is 10.1 Å². The van der Waals surface area contributed by atoms with Crippen molar-refractivity contribution in [3.63, 3.8) is 0 Å². The van der Waals surface area contributed by atoms with Crippen molar-refractivity contribution in [3.05, 3.63) is 29.8 Å². The molecule has 0 aliphatic rings. The van der Waals surface area contributed by atoms with Gasteiger partial charge >= 0.3 is 0 Å². The minimum atomic E-state index is -0.0648. The van der Waals surface area contributed by atoms with Gasteiger partial charge in [-0.25, -0.2) is 0 Å². The van der Waals surface area contributed by atoms with E-state index in [1.165, 1.54) is 5.56 Å². The summed E-state index contributed by atoms with van der Waals surface area (Å²) in [6.45, 7) is 9.12.